The van der Waals surface area contributed by atoms with E-state index in [0.717, 1.165) is 13.0 Å². The zero-order valence-corrected chi connectivity index (χ0v) is 16.2. The van der Waals surface area contributed by atoms with E-state index in [2.05, 4.69) is 32.2 Å². The summed E-state index contributed by atoms with van der Waals surface area (Å²) in [6.07, 6.45) is 5.52. The Hall–Kier alpha value is -2.94. The molecule has 0 radical (unpaired) electrons. The minimum atomic E-state index is -0.225. The van der Waals surface area contributed by atoms with Crippen molar-refractivity contribution in [2.75, 3.05) is 38.7 Å². The van der Waals surface area contributed by atoms with Crippen LogP contribution in [0.5, 0.6) is 0 Å². The summed E-state index contributed by atoms with van der Waals surface area (Å²) in [6.45, 7) is 7.95. The Bertz CT molecular complexity index is 864. The van der Waals surface area contributed by atoms with E-state index < -0.39 is 0 Å². The first-order valence-electron chi connectivity index (χ1n) is 9.31. The van der Waals surface area contributed by atoms with E-state index in [-0.39, 0.29) is 17.9 Å². The number of likely N-dealkylation sites (tertiary alicyclic amines) is 1. The molecule has 3 rings (SSSR count). The number of amides is 2. The van der Waals surface area contributed by atoms with E-state index >= 15 is 0 Å². The molecule has 3 N–H and O–H groups in total. The van der Waals surface area contributed by atoms with Gasteiger partial charge in [-0.2, -0.15) is 0 Å². The fourth-order valence-electron chi connectivity index (χ4n) is 3.32. The van der Waals surface area contributed by atoms with E-state index in [4.69, 9.17) is 4.74 Å². The Morgan fingerprint density at radius 2 is 2.36 bits per heavy atom. The molecule has 9 nitrogen and oxygen atoms in total. The minimum absolute atomic E-state index is 0.0330. The van der Waals surface area contributed by atoms with Gasteiger partial charge in [-0.1, -0.05) is 6.58 Å². The van der Waals surface area contributed by atoms with Gasteiger partial charge in [0.1, 0.15) is 11.3 Å². The summed E-state index contributed by atoms with van der Waals surface area (Å²) < 4.78 is 5.05. The van der Waals surface area contributed by atoms with Crippen molar-refractivity contribution in [2.24, 2.45) is 5.92 Å². The SMILES string of the molecule is C=CC(=O)N1CCC(CNc2cnc3[nH]cc(C(=O)N[C@H](C)COC)c3n2)C1. The summed E-state index contributed by atoms with van der Waals surface area (Å²) in [6, 6.07) is -0.111. The molecular weight excluding hydrogens is 360 g/mol. The maximum absolute atomic E-state index is 12.5. The second kappa shape index (κ2) is 8.83. The molecule has 2 amide bonds. The zero-order chi connectivity index (χ0) is 20.1. The van der Waals surface area contributed by atoms with Crippen LogP contribution in [0.1, 0.15) is 23.7 Å². The van der Waals surface area contributed by atoms with E-state index in [1.165, 1.54) is 6.08 Å². The molecule has 1 aliphatic rings. The quantitative estimate of drug-likeness (QED) is 0.587. The van der Waals surface area contributed by atoms with Gasteiger partial charge < -0.3 is 25.3 Å². The lowest BCUT2D eigenvalue weighted by molar-refractivity contribution is -0.125. The van der Waals surface area contributed by atoms with Gasteiger partial charge in [-0.3, -0.25) is 9.59 Å². The average Bonchev–Trinajstić information content (AvgIpc) is 3.32. The number of hydrogen-bond donors (Lipinski definition) is 3. The highest BCUT2D eigenvalue weighted by Gasteiger charge is 2.24. The Balaban J connectivity index is 1.64. The molecule has 3 heterocycles. The number of methoxy groups -OCH3 is 1. The monoisotopic (exact) mass is 386 g/mol. The number of ether oxygens (including phenoxy) is 1. The van der Waals surface area contributed by atoms with Crippen molar-refractivity contribution in [1.29, 1.82) is 0 Å². The molecule has 0 aliphatic carbocycles. The highest BCUT2D eigenvalue weighted by atomic mass is 16.5. The maximum atomic E-state index is 12.5. The molecule has 2 atom stereocenters. The zero-order valence-electron chi connectivity index (χ0n) is 16.2. The molecule has 9 heteroatoms. The van der Waals surface area contributed by atoms with E-state index in [1.54, 1.807) is 24.4 Å². The largest absolute Gasteiger partial charge is 0.383 e. The van der Waals surface area contributed by atoms with Crippen molar-refractivity contribution in [3.8, 4) is 0 Å². The first-order chi connectivity index (χ1) is 13.5. The van der Waals surface area contributed by atoms with Crippen molar-refractivity contribution in [3.05, 3.63) is 30.6 Å². The van der Waals surface area contributed by atoms with Crippen LogP contribution in [0.2, 0.25) is 0 Å². The molecule has 0 saturated carbocycles. The summed E-state index contributed by atoms with van der Waals surface area (Å²) in [5.41, 5.74) is 1.51. The number of carbonyl (C=O) groups is 2. The minimum Gasteiger partial charge on any atom is -0.383 e. The Kier molecular flexibility index (Phi) is 6.25. The van der Waals surface area contributed by atoms with Crippen molar-refractivity contribution in [3.63, 3.8) is 0 Å². The van der Waals surface area contributed by atoms with Crippen LogP contribution in [0.15, 0.2) is 25.0 Å². The van der Waals surface area contributed by atoms with Crippen molar-refractivity contribution in [2.45, 2.75) is 19.4 Å². The molecule has 28 heavy (non-hydrogen) atoms. The number of rotatable bonds is 8. The molecule has 2 aromatic heterocycles. The Morgan fingerprint density at radius 1 is 1.54 bits per heavy atom. The molecular formula is C19H26N6O3. The molecule has 150 valence electrons. The van der Waals surface area contributed by atoms with E-state index in [0.29, 0.717) is 48.2 Å². The van der Waals surface area contributed by atoms with Crippen molar-refractivity contribution >= 4 is 28.8 Å². The van der Waals surface area contributed by atoms with Gasteiger partial charge in [-0.25, -0.2) is 9.97 Å². The van der Waals surface area contributed by atoms with E-state index in [9.17, 15) is 9.59 Å². The third kappa shape index (κ3) is 4.48. The Morgan fingerprint density at radius 3 is 3.11 bits per heavy atom. The number of carbonyl (C=O) groups excluding carboxylic acids is 2. The molecule has 1 unspecified atom stereocenters. The number of fused-ring (bicyclic) bond motifs is 1. The van der Waals surface area contributed by atoms with Gasteiger partial charge in [-0.05, 0) is 25.3 Å². The topological polar surface area (TPSA) is 112 Å². The third-order valence-corrected chi connectivity index (χ3v) is 4.76. The predicted molar refractivity (Wildman–Crippen MR) is 106 cm³/mol. The fourth-order valence-corrected chi connectivity index (χ4v) is 3.32. The molecule has 0 spiro atoms. The first kappa shape index (κ1) is 19.8. The van der Waals surface area contributed by atoms with Crippen LogP contribution in [0, 0.1) is 5.92 Å². The molecule has 1 fully saturated rings. The molecule has 2 aromatic rings. The van der Waals surface area contributed by atoms with Crippen LogP contribution < -0.4 is 10.6 Å². The number of hydrogen-bond acceptors (Lipinski definition) is 6. The van der Waals surface area contributed by atoms with Crippen LogP contribution in [0.4, 0.5) is 5.82 Å². The second-order valence-electron chi connectivity index (χ2n) is 7.01. The molecule has 1 saturated heterocycles. The third-order valence-electron chi connectivity index (χ3n) is 4.76. The van der Waals surface area contributed by atoms with Crippen LogP contribution in [0.3, 0.4) is 0 Å². The van der Waals surface area contributed by atoms with Crippen LogP contribution in [0.25, 0.3) is 11.2 Å². The number of nitrogens with one attached hydrogen (secondary N) is 3. The Labute approximate surface area is 163 Å². The van der Waals surface area contributed by atoms with E-state index in [1.807, 2.05) is 6.92 Å². The summed E-state index contributed by atoms with van der Waals surface area (Å²) in [4.78, 5) is 37.8. The molecule has 0 aromatic carbocycles. The smallest absolute Gasteiger partial charge is 0.255 e. The lowest BCUT2D eigenvalue weighted by Gasteiger charge is -2.15. The number of nitrogens with zero attached hydrogens (tertiary/aromatic N) is 3. The van der Waals surface area contributed by atoms with Gasteiger partial charge in [0.2, 0.25) is 5.91 Å². The van der Waals surface area contributed by atoms with Gasteiger partial charge in [0.15, 0.2) is 5.65 Å². The van der Waals surface area contributed by atoms with Gasteiger partial charge in [0.25, 0.3) is 5.91 Å². The van der Waals surface area contributed by atoms with Gasteiger partial charge in [0, 0.05) is 39.0 Å². The summed E-state index contributed by atoms with van der Waals surface area (Å²) >= 11 is 0. The van der Waals surface area contributed by atoms with Gasteiger partial charge in [-0.15, -0.1) is 0 Å². The normalized spacial score (nSPS) is 17.5. The lowest BCUT2D eigenvalue weighted by Crippen LogP contribution is -2.35. The van der Waals surface area contributed by atoms with Crippen molar-refractivity contribution < 1.29 is 14.3 Å². The predicted octanol–water partition coefficient (Wildman–Crippen LogP) is 1.17. The molecule has 1 aliphatic heterocycles. The number of aromatic nitrogens is 3. The van der Waals surface area contributed by atoms with Gasteiger partial charge in [0.05, 0.1) is 18.4 Å². The number of H-pyrrole nitrogens is 1. The summed E-state index contributed by atoms with van der Waals surface area (Å²) in [7, 11) is 1.59. The summed E-state index contributed by atoms with van der Waals surface area (Å²) in [5, 5.41) is 6.15. The van der Waals surface area contributed by atoms with Crippen LogP contribution in [-0.2, 0) is 9.53 Å². The summed E-state index contributed by atoms with van der Waals surface area (Å²) in [5.74, 6) is 0.677. The van der Waals surface area contributed by atoms with Gasteiger partial charge >= 0.3 is 0 Å². The van der Waals surface area contributed by atoms with Crippen molar-refractivity contribution in [1.82, 2.24) is 25.2 Å². The van der Waals surface area contributed by atoms with Crippen LogP contribution in [-0.4, -0.2) is 71.1 Å². The average molecular weight is 386 g/mol. The molecule has 0 bridgehead atoms. The lowest BCUT2D eigenvalue weighted by atomic mass is 10.1. The number of aromatic amines is 1. The maximum Gasteiger partial charge on any atom is 0.255 e. The standard InChI is InChI=1S/C19H26N6O3/c1-4-16(26)25-6-5-13(10-25)7-20-15-9-22-18-17(24-15)14(8-21-18)19(27)23-12(2)11-28-3/h4,8-9,12-13H,1,5-7,10-11H2,2-3H3,(H,20,24)(H,21,22)(H,23,27)/t12-,13?/m1/s1. The highest BCUT2D eigenvalue weighted by Crippen LogP contribution is 2.19. The second-order valence-corrected chi connectivity index (χ2v) is 7.01. The first-order valence-corrected chi connectivity index (χ1v) is 9.31. The fraction of sp³-hybridized carbons (Fsp3) is 0.474. The highest BCUT2D eigenvalue weighted by molar-refractivity contribution is 6.04. The van der Waals surface area contributed by atoms with Crippen LogP contribution >= 0.6 is 0 Å². The number of anilines is 1.